The van der Waals surface area contributed by atoms with Crippen LogP contribution in [0.1, 0.15) is 6.42 Å². The smallest absolute Gasteiger partial charge is 0.377 e. The third-order valence-corrected chi connectivity index (χ3v) is 2.59. The van der Waals surface area contributed by atoms with Crippen LogP contribution in [0.5, 0.6) is 0 Å². The third-order valence-electron chi connectivity index (χ3n) is 2.59. The summed E-state index contributed by atoms with van der Waals surface area (Å²) < 4.78 is 68.7. The number of carbonyl (C=O) groups excluding carboxylic acids is 1. The van der Waals surface area contributed by atoms with E-state index in [1.807, 2.05) is 0 Å². The number of ether oxygens (including phenoxy) is 1. The first-order chi connectivity index (χ1) is 8.79. The molecule has 1 aromatic carbocycles. The van der Waals surface area contributed by atoms with Gasteiger partial charge in [-0.05, 0) is 0 Å². The Morgan fingerprint density at radius 3 is 2.42 bits per heavy atom. The molecule has 1 aromatic rings. The number of halogens is 5. The van der Waals surface area contributed by atoms with Gasteiger partial charge in [0.25, 0.3) is 0 Å². The summed E-state index contributed by atoms with van der Waals surface area (Å²) in [6.45, 7) is -0.330. The molecule has 0 bridgehead atoms. The molecule has 0 saturated carbocycles. The van der Waals surface area contributed by atoms with Gasteiger partial charge in [0.15, 0.2) is 11.6 Å². The Balaban J connectivity index is 2.01. The number of benzene rings is 1. The average molecular weight is 281 g/mol. The van der Waals surface area contributed by atoms with E-state index < -0.39 is 47.6 Å². The molecule has 1 aliphatic rings. The van der Waals surface area contributed by atoms with Crippen molar-refractivity contribution in [2.45, 2.75) is 18.4 Å². The van der Waals surface area contributed by atoms with Crippen LogP contribution in [0, 0.1) is 17.5 Å². The molecule has 1 fully saturated rings. The first-order valence-electron chi connectivity index (χ1n) is 5.27. The molecule has 1 unspecified atom stereocenters. The second-order valence-corrected chi connectivity index (χ2v) is 4.06. The lowest BCUT2D eigenvalue weighted by atomic mass is 10.2. The SMILES string of the molecule is O=C1OC(CNc2cc(F)c(F)cc2F)CC1(F)F. The number of nitrogens with one attached hydrogen (secondary N) is 1. The van der Waals surface area contributed by atoms with Crippen molar-refractivity contribution in [2.24, 2.45) is 0 Å². The maximum Gasteiger partial charge on any atom is 0.377 e. The topological polar surface area (TPSA) is 38.3 Å². The van der Waals surface area contributed by atoms with Crippen molar-refractivity contribution in [3.05, 3.63) is 29.6 Å². The van der Waals surface area contributed by atoms with Crippen LogP contribution in [0.15, 0.2) is 12.1 Å². The molecule has 104 valence electrons. The van der Waals surface area contributed by atoms with Crippen molar-refractivity contribution >= 4 is 11.7 Å². The fraction of sp³-hybridized carbons (Fsp3) is 0.364. The second kappa shape index (κ2) is 4.67. The number of hydrogen-bond donors (Lipinski definition) is 1. The molecule has 2 rings (SSSR count). The largest absolute Gasteiger partial charge is 0.456 e. The molecule has 1 N–H and O–H groups in total. The van der Waals surface area contributed by atoms with Crippen LogP contribution in [0.4, 0.5) is 27.6 Å². The molecule has 8 heteroatoms. The zero-order valence-corrected chi connectivity index (χ0v) is 9.35. The van der Waals surface area contributed by atoms with E-state index in [0.717, 1.165) is 0 Å². The minimum Gasteiger partial charge on any atom is -0.456 e. The van der Waals surface area contributed by atoms with Crippen molar-refractivity contribution < 1.29 is 31.5 Å². The molecule has 1 saturated heterocycles. The number of esters is 1. The molecule has 1 atom stereocenters. The second-order valence-electron chi connectivity index (χ2n) is 4.06. The number of rotatable bonds is 3. The lowest BCUT2D eigenvalue weighted by Crippen LogP contribution is -2.22. The fourth-order valence-corrected chi connectivity index (χ4v) is 1.64. The number of cyclic esters (lactones) is 1. The van der Waals surface area contributed by atoms with Crippen molar-refractivity contribution in [3.8, 4) is 0 Å². The van der Waals surface area contributed by atoms with Crippen molar-refractivity contribution in [2.75, 3.05) is 11.9 Å². The maximum absolute atomic E-state index is 13.2. The summed E-state index contributed by atoms with van der Waals surface area (Å²) in [7, 11) is 0. The van der Waals surface area contributed by atoms with Crippen LogP contribution in [0.3, 0.4) is 0 Å². The van der Waals surface area contributed by atoms with Crippen LogP contribution in [-0.4, -0.2) is 24.5 Å². The van der Waals surface area contributed by atoms with E-state index in [4.69, 9.17) is 0 Å². The molecule has 1 aliphatic heterocycles. The fourth-order valence-electron chi connectivity index (χ4n) is 1.64. The van der Waals surface area contributed by atoms with Crippen LogP contribution in [0.25, 0.3) is 0 Å². The lowest BCUT2D eigenvalue weighted by Gasteiger charge is -2.12. The Hall–Kier alpha value is -1.86. The Kier molecular flexibility index (Phi) is 3.34. The maximum atomic E-state index is 13.2. The summed E-state index contributed by atoms with van der Waals surface area (Å²) in [6.07, 6.45) is -2.00. The summed E-state index contributed by atoms with van der Waals surface area (Å²) in [5.74, 6) is -8.93. The number of carbonyl (C=O) groups is 1. The van der Waals surface area contributed by atoms with Crippen LogP contribution < -0.4 is 5.32 Å². The molecule has 3 nitrogen and oxygen atoms in total. The zero-order valence-electron chi connectivity index (χ0n) is 9.35. The van der Waals surface area contributed by atoms with E-state index in [1.165, 1.54) is 0 Å². The van der Waals surface area contributed by atoms with Gasteiger partial charge in [-0.1, -0.05) is 0 Å². The van der Waals surface area contributed by atoms with Gasteiger partial charge in [0, 0.05) is 12.1 Å². The van der Waals surface area contributed by atoms with E-state index in [0.29, 0.717) is 12.1 Å². The predicted octanol–water partition coefficient (Wildman–Crippen LogP) is 2.47. The van der Waals surface area contributed by atoms with E-state index in [-0.39, 0.29) is 6.54 Å². The van der Waals surface area contributed by atoms with Gasteiger partial charge in [0.1, 0.15) is 11.9 Å². The molecular weight excluding hydrogens is 273 g/mol. The highest BCUT2D eigenvalue weighted by atomic mass is 19.3. The highest BCUT2D eigenvalue weighted by Gasteiger charge is 2.50. The number of anilines is 1. The number of hydrogen-bond acceptors (Lipinski definition) is 3. The minimum atomic E-state index is -3.57. The molecule has 0 amide bonds. The molecule has 0 aliphatic carbocycles. The molecule has 19 heavy (non-hydrogen) atoms. The van der Waals surface area contributed by atoms with Gasteiger partial charge in [-0.15, -0.1) is 0 Å². The van der Waals surface area contributed by atoms with E-state index in [9.17, 15) is 26.7 Å². The highest BCUT2D eigenvalue weighted by Crippen LogP contribution is 2.31. The summed E-state index contributed by atoms with van der Waals surface area (Å²) >= 11 is 0. The predicted molar refractivity (Wildman–Crippen MR) is 54.2 cm³/mol. The Bertz CT molecular complexity index is 520. The van der Waals surface area contributed by atoms with Gasteiger partial charge in [0.2, 0.25) is 0 Å². The zero-order chi connectivity index (χ0) is 14.2. The van der Waals surface area contributed by atoms with Gasteiger partial charge in [-0.25, -0.2) is 18.0 Å². The lowest BCUT2D eigenvalue weighted by molar-refractivity contribution is -0.158. The normalized spacial score (nSPS) is 21.3. The van der Waals surface area contributed by atoms with Crippen molar-refractivity contribution in [1.29, 1.82) is 0 Å². The average Bonchev–Trinajstić information content (AvgIpc) is 2.56. The third kappa shape index (κ3) is 2.77. The molecular formula is C11H8F5NO2. The molecule has 0 radical (unpaired) electrons. The van der Waals surface area contributed by atoms with Crippen LogP contribution in [-0.2, 0) is 9.53 Å². The van der Waals surface area contributed by atoms with E-state index in [2.05, 4.69) is 10.1 Å². The Morgan fingerprint density at radius 1 is 1.21 bits per heavy atom. The Labute approximate surface area is 104 Å². The molecule has 0 aromatic heterocycles. The van der Waals surface area contributed by atoms with E-state index in [1.54, 1.807) is 0 Å². The summed E-state index contributed by atoms with van der Waals surface area (Å²) in [4.78, 5) is 10.7. The Morgan fingerprint density at radius 2 is 1.84 bits per heavy atom. The highest BCUT2D eigenvalue weighted by molar-refractivity contribution is 5.79. The molecule has 1 heterocycles. The quantitative estimate of drug-likeness (QED) is 0.525. The minimum absolute atomic E-state index is 0.326. The van der Waals surface area contributed by atoms with Crippen molar-refractivity contribution in [1.82, 2.24) is 0 Å². The van der Waals surface area contributed by atoms with Crippen LogP contribution in [0.2, 0.25) is 0 Å². The monoisotopic (exact) mass is 281 g/mol. The van der Waals surface area contributed by atoms with E-state index >= 15 is 0 Å². The van der Waals surface area contributed by atoms with Gasteiger partial charge in [-0.3, -0.25) is 0 Å². The number of alkyl halides is 2. The first kappa shape index (κ1) is 13.6. The van der Waals surface area contributed by atoms with Gasteiger partial charge in [0.05, 0.1) is 18.7 Å². The van der Waals surface area contributed by atoms with Gasteiger partial charge in [-0.2, -0.15) is 8.78 Å². The van der Waals surface area contributed by atoms with Gasteiger partial charge < -0.3 is 10.1 Å². The van der Waals surface area contributed by atoms with Crippen LogP contribution >= 0.6 is 0 Å². The summed E-state index contributed by atoms with van der Waals surface area (Å²) in [5.41, 5.74) is -0.398. The first-order valence-corrected chi connectivity index (χ1v) is 5.27. The van der Waals surface area contributed by atoms with Crippen molar-refractivity contribution in [3.63, 3.8) is 0 Å². The van der Waals surface area contributed by atoms with Gasteiger partial charge >= 0.3 is 11.9 Å². The summed E-state index contributed by atoms with van der Waals surface area (Å²) in [6, 6.07) is 0.881. The summed E-state index contributed by atoms with van der Waals surface area (Å²) in [5, 5.41) is 2.29. The standard InChI is InChI=1S/C11H8F5NO2/c12-6-1-8(14)9(2-7(6)13)17-4-5-3-11(15,16)10(18)19-5/h1-2,5,17H,3-4H2. The molecule has 0 spiro atoms.